The van der Waals surface area contributed by atoms with Crippen molar-refractivity contribution in [1.29, 1.82) is 0 Å². The summed E-state index contributed by atoms with van der Waals surface area (Å²) < 4.78 is 116. The first kappa shape index (κ1) is 57.6. The molecule has 78 heavy (non-hydrogen) atoms. The summed E-state index contributed by atoms with van der Waals surface area (Å²) in [5.74, 6) is -0.323. The molecule has 0 heterocycles. The number of ether oxygens (including phenoxy) is 3. The van der Waals surface area contributed by atoms with E-state index in [4.69, 9.17) is 14.2 Å². The van der Waals surface area contributed by atoms with E-state index >= 15 is 0 Å². The third-order valence-corrected chi connectivity index (χ3v) is 14.1. The van der Waals surface area contributed by atoms with E-state index in [1.54, 1.807) is 58.2 Å². The maximum Gasteiger partial charge on any atom is 0.296 e. The molecule has 0 aromatic heterocycles. The zero-order valence-electron chi connectivity index (χ0n) is 42.6. The largest absolute Gasteiger partial charge is 0.505 e. The van der Waals surface area contributed by atoms with Gasteiger partial charge in [-0.05, 0) is 159 Å². The van der Waals surface area contributed by atoms with Crippen LogP contribution < -0.4 is 19.5 Å². The normalized spacial score (nSPS) is 12.4. The lowest BCUT2D eigenvalue weighted by molar-refractivity contribution is 0.281. The van der Waals surface area contributed by atoms with Gasteiger partial charge >= 0.3 is 0 Å². The van der Waals surface area contributed by atoms with Crippen LogP contribution in [-0.2, 0) is 37.0 Å². The zero-order valence-corrected chi connectivity index (χ0v) is 45.0. The van der Waals surface area contributed by atoms with Crippen molar-refractivity contribution in [2.24, 2.45) is 40.9 Å². The van der Waals surface area contributed by atoms with Crippen molar-refractivity contribution < 1.29 is 63.3 Å². The molecular formula is C52H53N9O14S3. The third kappa shape index (κ3) is 15.7. The number of methoxy groups -OCH3 is 1. The number of aliphatic hydroxyl groups excluding tert-OH is 1. The fraction of sp³-hybridized carbons (Fsp3) is 0.231. The predicted octanol–water partition coefficient (Wildman–Crippen LogP) is 13.2. The van der Waals surface area contributed by atoms with Gasteiger partial charge in [-0.15, -0.1) is 20.5 Å². The molecule has 0 amide bonds. The summed E-state index contributed by atoms with van der Waals surface area (Å²) in [6.45, 7) is 6.09. The Morgan fingerprint density at radius 3 is 1.40 bits per heavy atom. The fourth-order valence-corrected chi connectivity index (χ4v) is 9.09. The fourth-order valence-electron chi connectivity index (χ4n) is 7.45. The molecular weight excluding hydrogens is 1070 g/mol. The number of aryl methyl sites for hydroxylation is 4. The van der Waals surface area contributed by atoms with Gasteiger partial charge in [0.25, 0.3) is 30.4 Å². The number of azo groups is 4. The standard InChI is InChI=1S/C52H53N9O14S3/c1-31-23-44(32(2)22-43(31)56-55-42-17-9-36-27-38(12-15-40(36)52(42)63)53-37-10-13-39(73-5)14-11-37)57-60-47-25-34(4)46(29-50(47)75-19-7-21-77(67,68)69)59-61-48-24-33(3)45(28-49(48)74-18-6-20-76(64,65)66)58-54-41-16-8-35(30-62)26-51(41)78(70,71)72/h8-17,22-29,53,62-63H,6-7,18-21,30H2,1-5H3,(H,64,65,66)(H,67,68,69)(H,70,71,72). The lowest BCUT2D eigenvalue weighted by Crippen LogP contribution is -2.08. The van der Waals surface area contributed by atoms with Crippen LogP contribution >= 0.6 is 0 Å². The van der Waals surface area contributed by atoms with Crippen LogP contribution in [0.1, 0.15) is 40.7 Å². The molecule has 7 rings (SSSR count). The summed E-state index contributed by atoms with van der Waals surface area (Å²) in [6.07, 6.45) is -0.205. The molecule has 26 heteroatoms. The van der Waals surface area contributed by atoms with Crippen LogP contribution in [0.2, 0.25) is 0 Å². The molecule has 408 valence electrons. The molecule has 7 aromatic rings. The van der Waals surface area contributed by atoms with E-state index in [0.717, 1.165) is 28.6 Å². The van der Waals surface area contributed by atoms with Crippen molar-refractivity contribution in [2.45, 2.75) is 52.0 Å². The Labute approximate surface area is 449 Å². The number of hydrogen-bond acceptors (Lipinski definition) is 20. The minimum Gasteiger partial charge on any atom is -0.505 e. The summed E-state index contributed by atoms with van der Waals surface area (Å²) in [4.78, 5) is -0.595. The van der Waals surface area contributed by atoms with Crippen LogP contribution in [-0.4, -0.2) is 81.0 Å². The number of nitrogens with zero attached hydrogens (tertiary/aromatic N) is 8. The van der Waals surface area contributed by atoms with Crippen molar-refractivity contribution in [3.05, 3.63) is 137 Å². The van der Waals surface area contributed by atoms with Crippen molar-refractivity contribution in [3.63, 3.8) is 0 Å². The molecule has 6 N–H and O–H groups in total. The molecule has 0 aliphatic rings. The molecule has 0 radical (unpaired) electrons. The highest BCUT2D eigenvalue weighted by Gasteiger charge is 2.19. The van der Waals surface area contributed by atoms with Crippen molar-refractivity contribution in [1.82, 2.24) is 0 Å². The van der Waals surface area contributed by atoms with Gasteiger partial charge < -0.3 is 29.7 Å². The molecule has 7 aromatic carbocycles. The van der Waals surface area contributed by atoms with E-state index in [-0.39, 0.29) is 83.0 Å². The first-order valence-corrected chi connectivity index (χ1v) is 28.2. The minimum atomic E-state index is -4.78. The van der Waals surface area contributed by atoms with Gasteiger partial charge in [-0.25, -0.2) is 0 Å². The van der Waals surface area contributed by atoms with Gasteiger partial charge in [0.2, 0.25) is 0 Å². The average Bonchev–Trinajstić information content (AvgIpc) is 3.39. The van der Waals surface area contributed by atoms with Crippen LogP contribution in [0.15, 0.2) is 155 Å². The first-order valence-electron chi connectivity index (χ1n) is 23.6. The van der Waals surface area contributed by atoms with E-state index < -0.39 is 53.4 Å². The lowest BCUT2D eigenvalue weighted by Gasteiger charge is -2.12. The highest BCUT2D eigenvalue weighted by Crippen LogP contribution is 2.42. The SMILES string of the molecule is COc1ccc(Nc2ccc3c(O)c(N=Nc4cc(C)c(N=Nc5cc(C)c(N=Nc6cc(C)c(N=Nc7ccc(CO)cc7S(=O)(=O)O)cc6OCCCS(=O)(=O)O)cc5OCCCS(=O)(=O)O)cc4C)ccc3c2)cc1. The van der Waals surface area contributed by atoms with Gasteiger partial charge in [0, 0.05) is 28.9 Å². The second kappa shape index (κ2) is 24.9. The number of hydrogen-bond donors (Lipinski definition) is 6. The number of nitrogens with one attached hydrogen (secondary N) is 1. The number of benzene rings is 7. The van der Waals surface area contributed by atoms with Crippen LogP contribution in [0.3, 0.4) is 0 Å². The number of phenolic OH excluding ortho intramolecular Hbond substituents is 1. The molecule has 0 bridgehead atoms. The Balaban J connectivity index is 1.14. The highest BCUT2D eigenvalue weighted by atomic mass is 32.2. The summed E-state index contributed by atoms with van der Waals surface area (Å²) >= 11 is 0. The molecule has 0 fully saturated rings. The minimum absolute atomic E-state index is 0.0305. The molecule has 0 saturated heterocycles. The second-order valence-corrected chi connectivity index (χ2v) is 22.1. The summed E-state index contributed by atoms with van der Waals surface area (Å²) in [6, 6.07) is 29.8. The first-order chi connectivity index (χ1) is 37.0. The number of rotatable bonds is 23. The van der Waals surface area contributed by atoms with E-state index in [1.165, 1.54) is 30.3 Å². The molecule has 0 aliphatic heterocycles. The highest BCUT2D eigenvalue weighted by molar-refractivity contribution is 7.86. The predicted molar refractivity (Wildman–Crippen MR) is 292 cm³/mol. The Bertz CT molecular complexity index is 3860. The van der Waals surface area contributed by atoms with Crippen molar-refractivity contribution >= 4 is 98.0 Å². The summed E-state index contributed by atoms with van der Waals surface area (Å²) in [5, 5.41) is 60.3. The second-order valence-electron chi connectivity index (χ2n) is 17.6. The topological polar surface area (TPSA) is 342 Å². The van der Waals surface area contributed by atoms with E-state index in [2.05, 4.69) is 46.2 Å². The molecule has 0 unspecified atom stereocenters. The number of phenols is 1. The van der Waals surface area contributed by atoms with E-state index in [0.29, 0.717) is 39.0 Å². The van der Waals surface area contributed by atoms with Gasteiger partial charge in [-0.3, -0.25) is 13.7 Å². The van der Waals surface area contributed by atoms with Gasteiger partial charge in [0.1, 0.15) is 44.9 Å². The number of aromatic hydroxyl groups is 1. The van der Waals surface area contributed by atoms with Gasteiger partial charge in [0.15, 0.2) is 5.75 Å². The van der Waals surface area contributed by atoms with E-state index in [9.17, 15) is 49.1 Å². The Kier molecular flexibility index (Phi) is 18.4. The van der Waals surface area contributed by atoms with Crippen LogP contribution in [0, 0.1) is 27.7 Å². The number of fused-ring (bicyclic) bond motifs is 1. The molecule has 0 spiro atoms. The van der Waals surface area contributed by atoms with Gasteiger partial charge in [0.05, 0.1) is 61.2 Å². The monoisotopic (exact) mass is 1120 g/mol. The van der Waals surface area contributed by atoms with E-state index in [1.807, 2.05) is 49.4 Å². The summed E-state index contributed by atoms with van der Waals surface area (Å²) in [7, 11) is -11.8. The zero-order chi connectivity index (χ0) is 56.4. The molecule has 0 atom stereocenters. The van der Waals surface area contributed by atoms with Crippen molar-refractivity contribution in [2.75, 3.05) is 37.1 Å². The van der Waals surface area contributed by atoms with Crippen molar-refractivity contribution in [3.8, 4) is 23.0 Å². The average molecular weight is 1120 g/mol. The smallest absolute Gasteiger partial charge is 0.296 e. The molecule has 23 nitrogen and oxygen atoms in total. The number of anilines is 2. The summed E-state index contributed by atoms with van der Waals surface area (Å²) in [5.41, 5.74) is 5.99. The van der Waals surface area contributed by atoms with Crippen LogP contribution in [0.25, 0.3) is 10.8 Å². The molecule has 0 aliphatic carbocycles. The Morgan fingerprint density at radius 2 is 0.923 bits per heavy atom. The maximum atomic E-state index is 12.1. The van der Waals surface area contributed by atoms with Crippen LogP contribution in [0.5, 0.6) is 23.0 Å². The van der Waals surface area contributed by atoms with Crippen LogP contribution in [0.4, 0.5) is 56.9 Å². The lowest BCUT2D eigenvalue weighted by atomic mass is 10.1. The quantitative estimate of drug-likeness (QED) is 0.0197. The third-order valence-electron chi connectivity index (χ3n) is 11.6. The maximum absolute atomic E-state index is 12.1. The molecule has 0 saturated carbocycles. The Morgan fingerprint density at radius 1 is 0.487 bits per heavy atom. The number of aliphatic hydroxyl groups is 1. The Hall–Kier alpha value is -8.11. The van der Waals surface area contributed by atoms with Gasteiger partial charge in [-0.1, -0.05) is 12.1 Å². The van der Waals surface area contributed by atoms with Gasteiger partial charge in [-0.2, -0.15) is 45.7 Å².